The summed E-state index contributed by atoms with van der Waals surface area (Å²) < 4.78 is 5.31. The average Bonchev–Trinajstić information content (AvgIpc) is 2.95. The molecule has 1 unspecified atom stereocenters. The molecule has 0 spiro atoms. The Balaban J connectivity index is 2.00. The fraction of sp³-hybridized carbons (Fsp3) is 0.562. The van der Waals surface area contributed by atoms with Gasteiger partial charge in [-0.25, -0.2) is 0 Å². The summed E-state index contributed by atoms with van der Waals surface area (Å²) >= 11 is 0. The number of benzene rings is 1. The minimum absolute atomic E-state index is 0.162. The third kappa shape index (κ3) is 3.12. The minimum Gasteiger partial charge on any atom is -0.496 e. The number of hydrogen-bond acceptors (Lipinski definition) is 3. The van der Waals surface area contributed by atoms with Gasteiger partial charge in [0.2, 0.25) is 5.91 Å². The van der Waals surface area contributed by atoms with Crippen molar-refractivity contribution in [3.63, 3.8) is 0 Å². The number of nitrogens with one attached hydrogen (secondary N) is 2. The minimum atomic E-state index is -0.225. The van der Waals surface area contributed by atoms with Gasteiger partial charge in [-0.3, -0.25) is 4.79 Å². The molecule has 1 saturated heterocycles. The van der Waals surface area contributed by atoms with Crippen LogP contribution in [0.15, 0.2) is 24.3 Å². The van der Waals surface area contributed by atoms with Gasteiger partial charge in [-0.1, -0.05) is 31.5 Å². The topological polar surface area (TPSA) is 50.4 Å². The summed E-state index contributed by atoms with van der Waals surface area (Å²) in [5.74, 6) is 0.983. The van der Waals surface area contributed by atoms with E-state index in [4.69, 9.17) is 4.74 Å². The lowest BCUT2D eigenvalue weighted by Crippen LogP contribution is -2.42. The summed E-state index contributed by atoms with van der Waals surface area (Å²) in [7, 11) is 1.65. The van der Waals surface area contributed by atoms with E-state index in [0.29, 0.717) is 6.54 Å². The van der Waals surface area contributed by atoms with Crippen molar-refractivity contribution in [2.24, 2.45) is 5.41 Å². The Morgan fingerprint density at radius 2 is 2.25 bits per heavy atom. The van der Waals surface area contributed by atoms with E-state index in [9.17, 15) is 4.79 Å². The van der Waals surface area contributed by atoms with Crippen LogP contribution in [0.2, 0.25) is 0 Å². The quantitative estimate of drug-likeness (QED) is 0.836. The summed E-state index contributed by atoms with van der Waals surface area (Å²) in [5.41, 5.74) is 0.789. The van der Waals surface area contributed by atoms with E-state index in [1.165, 1.54) is 0 Å². The normalized spacial score (nSPS) is 21.7. The van der Waals surface area contributed by atoms with Crippen LogP contribution < -0.4 is 15.4 Å². The van der Waals surface area contributed by atoms with Crippen LogP contribution in [-0.2, 0) is 11.3 Å². The molecule has 2 N–H and O–H groups in total. The molecule has 110 valence electrons. The summed E-state index contributed by atoms with van der Waals surface area (Å²) in [6, 6.07) is 7.80. The number of rotatable bonds is 6. The van der Waals surface area contributed by atoms with Gasteiger partial charge in [0.05, 0.1) is 12.5 Å². The molecule has 1 atom stereocenters. The first kappa shape index (κ1) is 14.9. The summed E-state index contributed by atoms with van der Waals surface area (Å²) in [4.78, 5) is 12.5. The molecule has 0 saturated carbocycles. The van der Waals surface area contributed by atoms with Crippen LogP contribution in [0.1, 0.15) is 31.7 Å². The van der Waals surface area contributed by atoms with Crippen molar-refractivity contribution >= 4 is 5.91 Å². The molecule has 1 aromatic carbocycles. The monoisotopic (exact) mass is 276 g/mol. The molecular weight excluding hydrogens is 252 g/mol. The van der Waals surface area contributed by atoms with E-state index < -0.39 is 0 Å². The van der Waals surface area contributed by atoms with Crippen LogP contribution in [-0.4, -0.2) is 26.1 Å². The van der Waals surface area contributed by atoms with E-state index in [1.807, 2.05) is 24.3 Å². The van der Waals surface area contributed by atoms with Gasteiger partial charge in [0.15, 0.2) is 0 Å². The summed E-state index contributed by atoms with van der Waals surface area (Å²) in [5, 5.41) is 6.40. The maximum absolute atomic E-state index is 12.5. The van der Waals surface area contributed by atoms with E-state index in [-0.39, 0.29) is 11.3 Å². The number of amides is 1. The number of methoxy groups -OCH3 is 1. The van der Waals surface area contributed by atoms with Crippen LogP contribution >= 0.6 is 0 Å². The standard InChI is InChI=1S/C16H24N2O2/c1-3-8-16(9-10-17-12-16)15(19)18-11-13-6-4-5-7-14(13)20-2/h4-7,17H,3,8-12H2,1-2H3,(H,18,19). The molecule has 0 aliphatic carbocycles. The Bertz CT molecular complexity index is 454. The SMILES string of the molecule is CCCC1(C(=O)NCc2ccccc2OC)CCNC1. The molecular formula is C16H24N2O2. The third-order valence-electron chi connectivity index (χ3n) is 4.09. The molecule has 1 amide bonds. The van der Waals surface area contributed by atoms with Crippen LogP contribution in [0.4, 0.5) is 0 Å². The molecule has 4 heteroatoms. The molecule has 0 aromatic heterocycles. The third-order valence-corrected chi connectivity index (χ3v) is 4.09. The maximum Gasteiger partial charge on any atom is 0.227 e. The molecule has 0 radical (unpaired) electrons. The second-order valence-electron chi connectivity index (χ2n) is 5.45. The molecule has 1 heterocycles. The Labute approximate surface area is 120 Å². The van der Waals surface area contributed by atoms with Gasteiger partial charge in [0.1, 0.15) is 5.75 Å². The Hall–Kier alpha value is -1.55. The molecule has 2 rings (SSSR count). The molecule has 1 aliphatic heterocycles. The molecule has 0 bridgehead atoms. The van der Waals surface area contributed by atoms with Crippen LogP contribution in [0.5, 0.6) is 5.75 Å². The zero-order valence-electron chi connectivity index (χ0n) is 12.4. The lowest BCUT2D eigenvalue weighted by atomic mass is 9.81. The van der Waals surface area contributed by atoms with Crippen molar-refractivity contribution in [1.29, 1.82) is 0 Å². The Morgan fingerprint density at radius 3 is 2.90 bits per heavy atom. The zero-order chi connectivity index (χ0) is 14.4. The van der Waals surface area contributed by atoms with Crippen molar-refractivity contribution < 1.29 is 9.53 Å². The molecule has 1 fully saturated rings. The van der Waals surface area contributed by atoms with Crippen molar-refractivity contribution in [3.05, 3.63) is 29.8 Å². The van der Waals surface area contributed by atoms with Gasteiger partial charge in [-0.2, -0.15) is 0 Å². The van der Waals surface area contributed by atoms with Crippen LogP contribution in [0, 0.1) is 5.41 Å². The highest BCUT2D eigenvalue weighted by Crippen LogP contribution is 2.31. The fourth-order valence-electron chi connectivity index (χ4n) is 2.96. The first-order valence-corrected chi connectivity index (χ1v) is 7.33. The Kier molecular flexibility index (Phi) is 5.01. The van der Waals surface area contributed by atoms with Gasteiger partial charge in [0.25, 0.3) is 0 Å². The predicted octanol–water partition coefficient (Wildman–Crippen LogP) is 2.09. The number of para-hydroxylation sites is 1. The second kappa shape index (κ2) is 6.75. The summed E-state index contributed by atoms with van der Waals surface area (Å²) in [6.45, 7) is 4.38. The lowest BCUT2D eigenvalue weighted by molar-refractivity contribution is -0.130. The van der Waals surface area contributed by atoms with Gasteiger partial charge in [-0.15, -0.1) is 0 Å². The average molecular weight is 276 g/mol. The van der Waals surface area contributed by atoms with E-state index in [2.05, 4.69) is 17.6 Å². The van der Waals surface area contributed by atoms with Crippen molar-refractivity contribution in [2.75, 3.05) is 20.2 Å². The van der Waals surface area contributed by atoms with Gasteiger partial charge in [0, 0.05) is 18.7 Å². The second-order valence-corrected chi connectivity index (χ2v) is 5.45. The van der Waals surface area contributed by atoms with Crippen molar-refractivity contribution in [1.82, 2.24) is 10.6 Å². The number of ether oxygens (including phenoxy) is 1. The first-order valence-electron chi connectivity index (χ1n) is 7.33. The molecule has 1 aliphatic rings. The molecule has 4 nitrogen and oxygen atoms in total. The molecule has 20 heavy (non-hydrogen) atoms. The zero-order valence-corrected chi connectivity index (χ0v) is 12.4. The van der Waals surface area contributed by atoms with E-state index >= 15 is 0 Å². The van der Waals surface area contributed by atoms with Gasteiger partial charge < -0.3 is 15.4 Å². The van der Waals surface area contributed by atoms with E-state index in [0.717, 1.165) is 43.7 Å². The smallest absolute Gasteiger partial charge is 0.227 e. The van der Waals surface area contributed by atoms with Crippen LogP contribution in [0.3, 0.4) is 0 Å². The number of carbonyl (C=O) groups excluding carboxylic acids is 1. The van der Waals surface area contributed by atoms with Gasteiger partial charge in [-0.05, 0) is 25.5 Å². The fourth-order valence-corrected chi connectivity index (χ4v) is 2.96. The van der Waals surface area contributed by atoms with Crippen molar-refractivity contribution in [2.45, 2.75) is 32.7 Å². The van der Waals surface area contributed by atoms with Gasteiger partial charge >= 0.3 is 0 Å². The highest BCUT2D eigenvalue weighted by molar-refractivity contribution is 5.83. The molecule has 1 aromatic rings. The van der Waals surface area contributed by atoms with Crippen LogP contribution in [0.25, 0.3) is 0 Å². The lowest BCUT2D eigenvalue weighted by Gasteiger charge is -2.26. The first-order chi connectivity index (χ1) is 9.72. The highest BCUT2D eigenvalue weighted by atomic mass is 16.5. The largest absolute Gasteiger partial charge is 0.496 e. The highest BCUT2D eigenvalue weighted by Gasteiger charge is 2.39. The number of hydrogen-bond donors (Lipinski definition) is 2. The van der Waals surface area contributed by atoms with Crippen molar-refractivity contribution in [3.8, 4) is 5.75 Å². The Morgan fingerprint density at radius 1 is 1.45 bits per heavy atom. The summed E-state index contributed by atoms with van der Waals surface area (Å²) in [6.07, 6.45) is 2.90. The number of carbonyl (C=O) groups is 1. The van der Waals surface area contributed by atoms with E-state index in [1.54, 1.807) is 7.11 Å². The maximum atomic E-state index is 12.5. The predicted molar refractivity (Wildman–Crippen MR) is 79.7 cm³/mol.